The number of aliphatic hydroxyl groups excluding tert-OH is 3. The molecule has 1 aliphatic carbocycles. The maximum Gasteiger partial charge on any atom is 0.471 e. The Hall–Kier alpha value is -4.28. The summed E-state index contributed by atoms with van der Waals surface area (Å²) in [5, 5.41) is 38.5. The zero-order valence-electron chi connectivity index (χ0n) is 24.5. The highest BCUT2D eigenvalue weighted by molar-refractivity contribution is 5.85. The Labute approximate surface area is 256 Å². The fourth-order valence-electron chi connectivity index (χ4n) is 5.72. The van der Waals surface area contributed by atoms with Crippen molar-refractivity contribution in [3.05, 3.63) is 60.4 Å². The van der Waals surface area contributed by atoms with Crippen LogP contribution < -0.4 is 10.6 Å². The number of carbonyl (C=O) groups excluding carboxylic acids is 1. The first-order chi connectivity index (χ1) is 21.6. The van der Waals surface area contributed by atoms with E-state index >= 15 is 0 Å². The monoisotopic (exact) mass is 631 g/mol. The molecule has 0 bridgehead atoms. The smallest absolute Gasteiger partial charge is 0.394 e. The molecule has 242 valence electrons. The average molecular weight is 632 g/mol. The summed E-state index contributed by atoms with van der Waals surface area (Å²) in [5.74, 6) is -1.58. The molecule has 0 saturated heterocycles. The zero-order chi connectivity index (χ0) is 32.1. The molecular weight excluding hydrogens is 595 g/mol. The number of rotatable bonds is 13. The van der Waals surface area contributed by atoms with Crippen LogP contribution in [0.1, 0.15) is 37.1 Å². The molecule has 4 aromatic rings. The molecule has 5 rings (SSSR count). The summed E-state index contributed by atoms with van der Waals surface area (Å²) in [4.78, 5) is 33.6. The molecule has 3 aromatic heterocycles. The minimum atomic E-state index is -5.13. The van der Waals surface area contributed by atoms with Crippen LogP contribution >= 0.6 is 0 Å². The number of aromatic nitrogens is 6. The molecule has 45 heavy (non-hydrogen) atoms. The van der Waals surface area contributed by atoms with Gasteiger partial charge < -0.3 is 40.4 Å². The fourth-order valence-corrected chi connectivity index (χ4v) is 5.72. The molecule has 1 aromatic carbocycles. The van der Waals surface area contributed by atoms with E-state index in [-0.39, 0.29) is 37.6 Å². The first kappa shape index (κ1) is 32.1. The number of nitrogens with one attached hydrogen (secondary N) is 3. The second kappa shape index (κ2) is 13.8. The topological polar surface area (TPSA) is 177 Å². The summed E-state index contributed by atoms with van der Waals surface area (Å²) in [6.07, 6.45) is -2.50. The van der Waals surface area contributed by atoms with E-state index in [0.717, 1.165) is 11.3 Å². The van der Waals surface area contributed by atoms with Gasteiger partial charge in [-0.15, -0.1) is 0 Å². The molecule has 13 nitrogen and oxygen atoms in total. The largest absolute Gasteiger partial charge is 0.471 e. The van der Waals surface area contributed by atoms with E-state index in [0.29, 0.717) is 35.6 Å². The number of halogens is 3. The highest BCUT2D eigenvalue weighted by Gasteiger charge is 2.51. The van der Waals surface area contributed by atoms with E-state index in [1.54, 1.807) is 19.4 Å². The van der Waals surface area contributed by atoms with Crippen LogP contribution in [0.25, 0.3) is 11.2 Å². The lowest BCUT2D eigenvalue weighted by Crippen LogP contribution is -2.51. The third-order valence-electron chi connectivity index (χ3n) is 7.87. The van der Waals surface area contributed by atoms with Gasteiger partial charge in [0.2, 0.25) is 5.95 Å². The predicted octanol–water partition coefficient (Wildman–Crippen LogP) is 2.06. The Morgan fingerprint density at radius 1 is 1.18 bits per heavy atom. The molecule has 1 saturated carbocycles. The van der Waals surface area contributed by atoms with Crippen molar-refractivity contribution in [2.45, 2.75) is 69.1 Å². The third kappa shape index (κ3) is 7.18. The normalized spacial score (nSPS) is 20.8. The van der Waals surface area contributed by atoms with Gasteiger partial charge in [-0.05, 0) is 24.8 Å². The molecule has 5 atom stereocenters. The number of benzene rings is 1. The first-order valence-electron chi connectivity index (χ1n) is 14.7. The number of aromatic amines is 1. The number of amides is 1. The van der Waals surface area contributed by atoms with Crippen LogP contribution in [0.5, 0.6) is 0 Å². The van der Waals surface area contributed by atoms with Crippen LogP contribution in [0.4, 0.5) is 24.9 Å². The molecule has 0 aliphatic heterocycles. The van der Waals surface area contributed by atoms with Gasteiger partial charge in [0.1, 0.15) is 12.2 Å². The highest BCUT2D eigenvalue weighted by atomic mass is 19.4. The van der Waals surface area contributed by atoms with Crippen LogP contribution in [0, 0.1) is 0 Å². The van der Waals surface area contributed by atoms with Gasteiger partial charge in [0.05, 0.1) is 43.1 Å². The van der Waals surface area contributed by atoms with E-state index in [4.69, 9.17) is 0 Å². The number of anilines is 2. The van der Waals surface area contributed by atoms with Crippen LogP contribution in [0.15, 0.2) is 49.2 Å². The Balaban J connectivity index is 1.47. The SMILES string of the molecule is CCCN(C(=O)C(F)(F)F)[C@H]1C[C@@H](n2cnc3c(N[C@H](CO)Cc4ccccc4)nc(NCCc4c[nH]cn4)nc32)[C@H](O)[C@@H]1O. The lowest BCUT2D eigenvalue weighted by atomic mass is 10.1. The van der Waals surface area contributed by atoms with Gasteiger partial charge in [-0.25, -0.2) is 9.97 Å². The molecular formula is C29H36F3N9O4. The second-order valence-corrected chi connectivity index (χ2v) is 11.0. The van der Waals surface area contributed by atoms with Gasteiger partial charge in [0.15, 0.2) is 17.0 Å². The lowest BCUT2D eigenvalue weighted by molar-refractivity contribution is -0.190. The van der Waals surface area contributed by atoms with Crippen LogP contribution in [-0.2, 0) is 17.6 Å². The van der Waals surface area contributed by atoms with E-state index < -0.39 is 42.4 Å². The maximum absolute atomic E-state index is 13.4. The van der Waals surface area contributed by atoms with Crippen molar-refractivity contribution in [2.24, 2.45) is 0 Å². The average Bonchev–Trinajstić information content (AvgIpc) is 3.76. The number of fused-ring (bicyclic) bond motifs is 1. The Morgan fingerprint density at radius 3 is 2.62 bits per heavy atom. The van der Waals surface area contributed by atoms with Crippen molar-refractivity contribution in [3.8, 4) is 0 Å². The predicted molar refractivity (Wildman–Crippen MR) is 158 cm³/mol. The second-order valence-electron chi connectivity index (χ2n) is 11.0. The standard InChI is InChI=1S/C29H36F3N9O4/c1-2-10-40(27(45)29(30,31)32)20-12-21(24(44)23(20)43)41-16-36-22-25(37-19(14-42)11-17-6-4-3-5-7-17)38-28(39-26(22)41)34-9-8-18-13-33-15-35-18/h3-7,13,15-16,19-21,23-24,42-44H,2,8-12,14H2,1H3,(H,33,35)(H2,34,37,38,39)/t19-,20-,21+,23+,24-/m0/s1. The summed E-state index contributed by atoms with van der Waals surface area (Å²) in [6, 6.07) is 6.87. The van der Waals surface area contributed by atoms with Crippen molar-refractivity contribution >= 4 is 28.8 Å². The van der Waals surface area contributed by atoms with Crippen LogP contribution in [0.3, 0.4) is 0 Å². The Morgan fingerprint density at radius 2 is 1.96 bits per heavy atom. The van der Waals surface area contributed by atoms with Gasteiger partial charge in [0.25, 0.3) is 0 Å². The number of aliphatic hydroxyl groups is 3. The summed E-state index contributed by atoms with van der Waals surface area (Å²) < 4.78 is 41.8. The van der Waals surface area contributed by atoms with Gasteiger partial charge in [0, 0.05) is 25.7 Å². The molecule has 3 heterocycles. The Bertz CT molecular complexity index is 1550. The molecule has 0 unspecified atom stereocenters. The van der Waals surface area contributed by atoms with Crippen LogP contribution in [0.2, 0.25) is 0 Å². The lowest BCUT2D eigenvalue weighted by Gasteiger charge is -2.31. The maximum atomic E-state index is 13.4. The Kier molecular flexibility index (Phi) is 9.84. The van der Waals surface area contributed by atoms with Gasteiger partial charge in [-0.2, -0.15) is 23.1 Å². The van der Waals surface area contributed by atoms with Crippen molar-refractivity contribution in [1.82, 2.24) is 34.4 Å². The molecule has 1 fully saturated rings. The van der Waals surface area contributed by atoms with Crippen LogP contribution in [-0.4, -0.2) is 106 Å². The number of carbonyl (C=O) groups is 1. The number of alkyl halides is 3. The summed E-state index contributed by atoms with van der Waals surface area (Å²) in [7, 11) is 0. The quantitative estimate of drug-likeness (QED) is 0.128. The van der Waals surface area contributed by atoms with Gasteiger partial charge in [-0.1, -0.05) is 37.3 Å². The summed E-state index contributed by atoms with van der Waals surface area (Å²) >= 11 is 0. The number of H-pyrrole nitrogens is 1. The van der Waals surface area contributed by atoms with Crippen molar-refractivity contribution in [2.75, 3.05) is 30.3 Å². The number of hydrogen-bond acceptors (Lipinski definition) is 10. The molecule has 16 heteroatoms. The molecule has 6 N–H and O–H groups in total. The van der Waals surface area contributed by atoms with Crippen molar-refractivity contribution in [1.29, 1.82) is 0 Å². The van der Waals surface area contributed by atoms with E-state index in [2.05, 4.69) is 35.6 Å². The third-order valence-corrected chi connectivity index (χ3v) is 7.87. The minimum Gasteiger partial charge on any atom is -0.394 e. The van der Waals surface area contributed by atoms with E-state index in [9.17, 15) is 33.3 Å². The zero-order valence-corrected chi connectivity index (χ0v) is 24.5. The minimum absolute atomic E-state index is 0.169. The molecule has 0 spiro atoms. The number of nitrogens with zero attached hydrogens (tertiary/aromatic N) is 6. The molecule has 1 amide bonds. The van der Waals surface area contributed by atoms with E-state index in [1.807, 2.05) is 30.3 Å². The summed E-state index contributed by atoms with van der Waals surface area (Å²) in [5.41, 5.74) is 2.33. The van der Waals surface area contributed by atoms with Crippen molar-refractivity contribution in [3.63, 3.8) is 0 Å². The fraction of sp³-hybridized carbons (Fsp3) is 0.483. The van der Waals surface area contributed by atoms with Gasteiger partial charge >= 0.3 is 12.1 Å². The number of hydrogen-bond donors (Lipinski definition) is 6. The van der Waals surface area contributed by atoms with E-state index in [1.165, 1.54) is 10.9 Å². The molecule has 0 radical (unpaired) electrons. The number of imidazole rings is 2. The van der Waals surface area contributed by atoms with Crippen molar-refractivity contribution < 1.29 is 33.3 Å². The molecule has 1 aliphatic rings. The first-order valence-corrected chi connectivity index (χ1v) is 14.7. The highest BCUT2D eigenvalue weighted by Crippen LogP contribution is 2.38. The van der Waals surface area contributed by atoms with Gasteiger partial charge in [-0.3, -0.25) is 4.79 Å². The summed E-state index contributed by atoms with van der Waals surface area (Å²) in [6.45, 7) is 1.57.